The van der Waals surface area contributed by atoms with Gasteiger partial charge in [-0.3, -0.25) is 0 Å². The maximum atomic E-state index is 14.5. The molecule has 9 rings (SSSR count). The molecule has 6 aromatic carbocycles. The summed E-state index contributed by atoms with van der Waals surface area (Å²) in [4.78, 5) is 0. The molecule has 394 valence electrons. The Kier molecular flexibility index (Phi) is 13.3. The fourth-order valence-electron chi connectivity index (χ4n) is 10.7. The highest BCUT2D eigenvalue weighted by atomic mass is 31.2. The van der Waals surface area contributed by atoms with Crippen molar-refractivity contribution in [1.82, 2.24) is 4.57 Å². The third-order valence-electron chi connectivity index (χ3n) is 13.6. The second-order valence-corrected chi connectivity index (χ2v) is 20.8. The van der Waals surface area contributed by atoms with E-state index >= 15 is 0 Å². The summed E-state index contributed by atoms with van der Waals surface area (Å²) >= 11 is 0. The summed E-state index contributed by atoms with van der Waals surface area (Å²) in [5.74, 6) is -1.78. The normalized spacial score (nSPS) is 19.0. The summed E-state index contributed by atoms with van der Waals surface area (Å²) in [6.07, 6.45) is -19.6. The quantitative estimate of drug-likeness (QED) is 0.0907. The number of ether oxygens (including phenoxy) is 2. The lowest BCUT2D eigenvalue weighted by molar-refractivity contribution is -0.576. The number of aryl methyl sites for hydroxylation is 6. The molecule has 2 aliphatic heterocycles. The molecule has 0 amide bonds. The first-order valence-electron chi connectivity index (χ1n) is 23.4. The Hall–Kier alpha value is -6.04. The van der Waals surface area contributed by atoms with Gasteiger partial charge in [-0.2, -0.15) is 61.8 Å². The van der Waals surface area contributed by atoms with Gasteiger partial charge in [0.2, 0.25) is 0 Å². The van der Waals surface area contributed by atoms with Crippen LogP contribution in [0.25, 0.3) is 11.4 Å². The lowest BCUT2D eigenvalue weighted by Crippen LogP contribution is -2.53. The molecule has 0 radical (unpaired) electrons. The van der Waals surface area contributed by atoms with Gasteiger partial charge in [0, 0.05) is 0 Å². The van der Waals surface area contributed by atoms with E-state index in [4.69, 9.17) is 18.5 Å². The van der Waals surface area contributed by atoms with Crippen molar-refractivity contribution >= 4 is 13.9 Å². The van der Waals surface area contributed by atoms with Crippen LogP contribution in [0.4, 0.5) is 52.7 Å². The number of hydrogen-bond acceptors (Lipinski definition) is 4. The predicted octanol–water partition coefficient (Wildman–Crippen LogP) is 15.1. The number of hydrogen-bond donors (Lipinski definition) is 0. The molecule has 7 aromatic rings. The van der Waals surface area contributed by atoms with E-state index in [1.807, 2.05) is 65.8 Å². The Bertz CT molecular complexity index is 2900. The van der Waals surface area contributed by atoms with Crippen molar-refractivity contribution in [3.63, 3.8) is 0 Å². The van der Waals surface area contributed by atoms with E-state index in [-0.39, 0.29) is 27.8 Å². The van der Waals surface area contributed by atoms with Gasteiger partial charge < -0.3 is 18.5 Å². The predicted molar refractivity (Wildman–Crippen MR) is 256 cm³/mol. The van der Waals surface area contributed by atoms with E-state index in [9.17, 15) is 52.7 Å². The monoisotopic (exact) mass is 1070 g/mol. The van der Waals surface area contributed by atoms with E-state index < -0.39 is 84.5 Å². The Labute approximate surface area is 425 Å². The standard InChI is InChI=1S/C56H48F12N2O4P/c1-31-27-33(3)45(34(4)28-31)69-25-26-70(46-35(5)29-32(2)30-36(46)6)49(69)75-73-51(37-9-17-41(18-10-37)53(57,58)59,38-11-19-42(20-12-38)54(60,61)62)47-48(72-50(7,8)71-47)52(74-75,39-13-21-43(22-14-39)55(63,64)65)40-15-23-44(24-16-40)56(66,67)68/h9-30,47-48H,1-8H3/q+1/t47-,48-/m0/s1. The zero-order valence-electron chi connectivity index (χ0n) is 41.4. The van der Waals surface area contributed by atoms with Crippen molar-refractivity contribution in [1.29, 1.82) is 0 Å². The van der Waals surface area contributed by atoms with E-state index in [2.05, 4.69) is 0 Å². The van der Waals surface area contributed by atoms with Gasteiger partial charge in [-0.15, -0.1) is 0 Å². The molecule has 75 heavy (non-hydrogen) atoms. The van der Waals surface area contributed by atoms with Crippen LogP contribution in [0.5, 0.6) is 0 Å². The number of benzene rings is 6. The molecular formula is C56H48F12N2O4P+. The average molecular weight is 1070 g/mol. The first-order valence-corrected chi connectivity index (χ1v) is 24.6. The van der Waals surface area contributed by atoms with Crippen LogP contribution >= 0.6 is 8.38 Å². The average Bonchev–Trinajstić information content (AvgIpc) is 3.88. The van der Waals surface area contributed by atoms with Crippen LogP contribution in [0.1, 0.15) is 91.7 Å². The number of nitrogens with zero attached hydrogens (tertiary/aromatic N) is 2. The van der Waals surface area contributed by atoms with Crippen molar-refractivity contribution in [2.75, 3.05) is 0 Å². The van der Waals surface area contributed by atoms with Crippen molar-refractivity contribution in [3.8, 4) is 11.4 Å². The Morgan fingerprint density at radius 2 is 0.747 bits per heavy atom. The molecule has 0 N–H and O–H groups in total. The van der Waals surface area contributed by atoms with Crippen molar-refractivity contribution in [3.05, 3.63) is 212 Å². The largest absolute Gasteiger partial charge is 0.416 e. The number of halogens is 12. The zero-order chi connectivity index (χ0) is 54.6. The minimum atomic E-state index is -4.88. The van der Waals surface area contributed by atoms with Gasteiger partial charge in [0.05, 0.1) is 22.3 Å². The molecule has 0 saturated carbocycles. The Morgan fingerprint density at radius 1 is 0.453 bits per heavy atom. The summed E-state index contributed by atoms with van der Waals surface area (Å²) in [6.45, 7) is 14.1. The van der Waals surface area contributed by atoms with Crippen LogP contribution in [-0.4, -0.2) is 22.6 Å². The molecule has 0 aliphatic carbocycles. The summed E-state index contributed by atoms with van der Waals surface area (Å²) in [5, 5.41) is 0. The van der Waals surface area contributed by atoms with Gasteiger partial charge >= 0.3 is 30.3 Å². The minimum absolute atomic E-state index is 0.117. The molecule has 2 aliphatic rings. The SMILES string of the molecule is Cc1cc(C)c(-n2cc[n+](-c3c(C)cc(C)cc3C)c2P2OC(c3ccc(C(F)(F)F)cc3)(c3ccc(C(F)(F)F)cc3)[C@H]3OC(C)(C)O[C@@H]3C(c3ccc(C(F)(F)F)cc3)(c3ccc(C(F)(F)F)cc3)O2)c(C)c1. The van der Waals surface area contributed by atoms with Crippen LogP contribution < -0.4 is 10.1 Å². The summed E-state index contributed by atoms with van der Waals surface area (Å²) in [6, 6.07) is 22.4. The van der Waals surface area contributed by atoms with Crippen LogP contribution in [0, 0.1) is 41.5 Å². The number of rotatable bonds is 7. The van der Waals surface area contributed by atoms with Crippen molar-refractivity contribution < 1.29 is 75.8 Å². The van der Waals surface area contributed by atoms with Gasteiger partial charge in [0.25, 0.3) is 8.38 Å². The van der Waals surface area contributed by atoms with E-state index in [1.54, 1.807) is 21.5 Å². The van der Waals surface area contributed by atoms with Gasteiger partial charge in [-0.25, -0.2) is 0 Å². The van der Waals surface area contributed by atoms with Crippen molar-refractivity contribution in [2.24, 2.45) is 0 Å². The molecule has 0 spiro atoms. The molecule has 3 heterocycles. The number of aromatic nitrogens is 2. The van der Waals surface area contributed by atoms with E-state index in [0.29, 0.717) is 11.4 Å². The lowest BCUT2D eigenvalue weighted by Gasteiger charge is -2.42. The smallest absolute Gasteiger partial charge is 0.341 e. The lowest BCUT2D eigenvalue weighted by atomic mass is 9.71. The number of imidazole rings is 1. The molecule has 19 heteroatoms. The molecule has 0 bridgehead atoms. The highest BCUT2D eigenvalue weighted by molar-refractivity contribution is 7.55. The van der Waals surface area contributed by atoms with Gasteiger partial charge in [-0.1, -0.05) is 83.9 Å². The van der Waals surface area contributed by atoms with Crippen LogP contribution in [0.15, 0.2) is 134 Å². The highest BCUT2D eigenvalue weighted by Crippen LogP contribution is 2.65. The van der Waals surface area contributed by atoms with Gasteiger partial charge in [-0.05, 0) is 148 Å². The second kappa shape index (κ2) is 18.6. The minimum Gasteiger partial charge on any atom is -0.341 e. The fourth-order valence-corrected chi connectivity index (χ4v) is 12.7. The zero-order valence-corrected chi connectivity index (χ0v) is 42.3. The molecule has 2 atom stereocenters. The third-order valence-corrected chi connectivity index (χ3v) is 15.3. The molecule has 0 unspecified atom stereocenters. The molecule has 2 saturated heterocycles. The molecule has 6 nitrogen and oxygen atoms in total. The van der Waals surface area contributed by atoms with Gasteiger partial charge in [0.1, 0.15) is 36.0 Å². The Morgan fingerprint density at radius 3 is 1.04 bits per heavy atom. The Balaban J connectivity index is 1.49. The second-order valence-electron chi connectivity index (χ2n) is 19.5. The van der Waals surface area contributed by atoms with Crippen LogP contribution in [0.3, 0.4) is 0 Å². The number of fused-ring (bicyclic) bond motifs is 1. The van der Waals surface area contributed by atoms with Crippen LogP contribution in [0.2, 0.25) is 0 Å². The molecule has 2 fully saturated rings. The van der Waals surface area contributed by atoms with Crippen molar-refractivity contribution in [2.45, 2.75) is 109 Å². The summed E-state index contributed by atoms with van der Waals surface area (Å²) in [7, 11) is -3.08. The van der Waals surface area contributed by atoms with Crippen LogP contribution in [-0.2, 0) is 54.4 Å². The van der Waals surface area contributed by atoms with E-state index in [1.165, 1.54) is 13.8 Å². The van der Waals surface area contributed by atoms with E-state index in [0.717, 1.165) is 130 Å². The van der Waals surface area contributed by atoms with Gasteiger partial charge in [0.15, 0.2) is 17.0 Å². The summed E-state index contributed by atoms with van der Waals surface area (Å²) in [5.41, 5.74) is -3.63. The summed E-state index contributed by atoms with van der Waals surface area (Å²) < 4.78 is 206. The fraction of sp³-hybridized carbons (Fsp3) is 0.304. The maximum Gasteiger partial charge on any atom is 0.416 e. The first kappa shape index (κ1) is 53.8. The molecular weight excluding hydrogens is 1020 g/mol. The molecule has 1 aromatic heterocycles. The first-order chi connectivity index (χ1) is 34.8. The third kappa shape index (κ3) is 9.66. The highest BCUT2D eigenvalue weighted by Gasteiger charge is 2.68. The number of alkyl halides is 12. The topological polar surface area (TPSA) is 45.7 Å². The maximum absolute atomic E-state index is 14.5.